The number of aromatic nitrogens is 1. The lowest BCUT2D eigenvalue weighted by Gasteiger charge is -2.04. The zero-order valence-electron chi connectivity index (χ0n) is 9.40. The number of ether oxygens (including phenoxy) is 1. The van der Waals surface area contributed by atoms with E-state index in [-0.39, 0.29) is 12.4 Å². The fourth-order valence-corrected chi connectivity index (χ4v) is 1.04. The predicted molar refractivity (Wildman–Crippen MR) is 62.9 cm³/mol. The van der Waals surface area contributed by atoms with E-state index >= 15 is 0 Å². The van der Waals surface area contributed by atoms with Crippen molar-refractivity contribution in [2.45, 2.75) is 0 Å². The molecule has 0 saturated carbocycles. The first-order valence-corrected chi connectivity index (χ1v) is 5.18. The molecule has 0 bridgehead atoms. The fourth-order valence-electron chi connectivity index (χ4n) is 0.928. The molecule has 2 N–H and O–H groups in total. The number of pyridine rings is 1. The van der Waals surface area contributed by atoms with E-state index < -0.39 is 17.8 Å². The zero-order valence-corrected chi connectivity index (χ0v) is 10.2. The quantitative estimate of drug-likeness (QED) is 0.594. The van der Waals surface area contributed by atoms with Gasteiger partial charge in [-0.25, -0.2) is 4.98 Å². The molecule has 8 heteroatoms. The summed E-state index contributed by atoms with van der Waals surface area (Å²) in [5.41, 5.74) is 0. The van der Waals surface area contributed by atoms with Crippen LogP contribution in [0.3, 0.4) is 0 Å². The summed E-state index contributed by atoms with van der Waals surface area (Å²) in [4.78, 5) is 37.1. The normalized spacial score (nSPS) is 9.44. The highest BCUT2D eigenvalue weighted by atomic mass is 35.5. The Morgan fingerprint density at radius 3 is 2.61 bits per heavy atom. The van der Waals surface area contributed by atoms with Crippen LogP contribution in [0.15, 0.2) is 18.3 Å². The standard InChI is InChI=1S/C10H10ClN3O4/c1-18-8(15)5-13-9(16)10(17)14-7-3-2-6(11)4-12-7/h2-4H,5H2,1H3,(H,13,16)(H,12,14,17). The van der Waals surface area contributed by atoms with Crippen molar-refractivity contribution < 1.29 is 19.1 Å². The highest BCUT2D eigenvalue weighted by Crippen LogP contribution is 2.09. The maximum absolute atomic E-state index is 11.3. The Hall–Kier alpha value is -2.15. The summed E-state index contributed by atoms with van der Waals surface area (Å²) in [5.74, 6) is -2.37. The first-order chi connectivity index (χ1) is 8.52. The molecule has 0 radical (unpaired) electrons. The molecule has 2 amide bonds. The minimum absolute atomic E-state index is 0.178. The van der Waals surface area contributed by atoms with Gasteiger partial charge >= 0.3 is 17.8 Å². The molecule has 1 aromatic heterocycles. The van der Waals surface area contributed by atoms with Gasteiger partial charge in [0.1, 0.15) is 12.4 Å². The van der Waals surface area contributed by atoms with Crippen LogP contribution < -0.4 is 10.6 Å². The number of nitrogens with one attached hydrogen (secondary N) is 2. The number of hydrogen-bond donors (Lipinski definition) is 2. The Bertz CT molecular complexity index is 461. The van der Waals surface area contributed by atoms with Crippen LogP contribution in [0.4, 0.5) is 5.82 Å². The highest BCUT2D eigenvalue weighted by Gasteiger charge is 2.15. The van der Waals surface area contributed by atoms with Gasteiger partial charge in [0.15, 0.2) is 0 Å². The molecule has 0 aliphatic rings. The third kappa shape index (κ3) is 4.38. The monoisotopic (exact) mass is 271 g/mol. The molecule has 96 valence electrons. The summed E-state index contributed by atoms with van der Waals surface area (Å²) in [6, 6.07) is 2.95. The van der Waals surface area contributed by atoms with Crippen molar-refractivity contribution >= 4 is 35.2 Å². The van der Waals surface area contributed by atoms with E-state index in [0.29, 0.717) is 5.02 Å². The van der Waals surface area contributed by atoms with Crippen LogP contribution >= 0.6 is 11.6 Å². The van der Waals surface area contributed by atoms with Crippen LogP contribution in [-0.4, -0.2) is 36.4 Å². The molecule has 0 aromatic carbocycles. The third-order valence-electron chi connectivity index (χ3n) is 1.80. The molecule has 0 spiro atoms. The summed E-state index contributed by atoms with van der Waals surface area (Å²) in [5, 5.41) is 4.73. The average Bonchev–Trinajstić information content (AvgIpc) is 2.38. The molecule has 0 atom stereocenters. The number of nitrogens with zero attached hydrogens (tertiary/aromatic N) is 1. The van der Waals surface area contributed by atoms with Gasteiger partial charge in [-0.15, -0.1) is 0 Å². The molecule has 0 fully saturated rings. The molecule has 1 heterocycles. The highest BCUT2D eigenvalue weighted by molar-refractivity contribution is 6.39. The Labute approximate surface area is 107 Å². The van der Waals surface area contributed by atoms with Crippen LogP contribution in [0.2, 0.25) is 5.02 Å². The topological polar surface area (TPSA) is 97.4 Å². The van der Waals surface area contributed by atoms with Crippen molar-refractivity contribution in [2.24, 2.45) is 0 Å². The third-order valence-corrected chi connectivity index (χ3v) is 2.02. The molecule has 0 aliphatic carbocycles. The predicted octanol–water partition coefficient (Wildman–Crippen LogP) is -0.0373. The second-order valence-corrected chi connectivity index (χ2v) is 3.51. The van der Waals surface area contributed by atoms with Crippen molar-refractivity contribution in [3.63, 3.8) is 0 Å². The van der Waals surface area contributed by atoms with Crippen molar-refractivity contribution in [1.82, 2.24) is 10.3 Å². The van der Waals surface area contributed by atoms with Crippen molar-refractivity contribution in [2.75, 3.05) is 19.0 Å². The molecule has 0 unspecified atom stereocenters. The number of carbonyl (C=O) groups is 3. The Morgan fingerprint density at radius 1 is 1.33 bits per heavy atom. The van der Waals surface area contributed by atoms with Gasteiger partial charge in [-0.2, -0.15) is 0 Å². The number of hydrogen-bond acceptors (Lipinski definition) is 5. The molecular formula is C10H10ClN3O4. The van der Waals surface area contributed by atoms with Gasteiger partial charge in [0, 0.05) is 6.20 Å². The van der Waals surface area contributed by atoms with Gasteiger partial charge in [0.2, 0.25) is 0 Å². The first-order valence-electron chi connectivity index (χ1n) is 4.80. The molecule has 7 nitrogen and oxygen atoms in total. The number of halogens is 1. The van der Waals surface area contributed by atoms with Crippen LogP contribution in [0, 0.1) is 0 Å². The smallest absolute Gasteiger partial charge is 0.325 e. The second kappa shape index (κ2) is 6.55. The summed E-state index contributed by atoms with van der Waals surface area (Å²) < 4.78 is 4.30. The SMILES string of the molecule is COC(=O)CNC(=O)C(=O)Nc1ccc(Cl)cn1. The first kappa shape index (κ1) is 13.9. The minimum Gasteiger partial charge on any atom is -0.468 e. The lowest BCUT2D eigenvalue weighted by molar-refractivity contribution is -0.142. The number of esters is 1. The number of amides is 2. The lowest BCUT2D eigenvalue weighted by atomic mass is 10.4. The van der Waals surface area contributed by atoms with Gasteiger partial charge in [0.05, 0.1) is 12.1 Å². The van der Waals surface area contributed by atoms with Crippen LogP contribution in [0.1, 0.15) is 0 Å². The fraction of sp³-hybridized carbons (Fsp3) is 0.200. The van der Waals surface area contributed by atoms with E-state index in [4.69, 9.17) is 11.6 Å². The summed E-state index contributed by atoms with van der Waals surface area (Å²) in [7, 11) is 1.17. The second-order valence-electron chi connectivity index (χ2n) is 3.07. The van der Waals surface area contributed by atoms with E-state index in [1.165, 1.54) is 25.4 Å². The molecule has 0 saturated heterocycles. The Balaban J connectivity index is 2.47. The summed E-state index contributed by atoms with van der Waals surface area (Å²) >= 11 is 5.61. The average molecular weight is 272 g/mol. The molecule has 1 aromatic rings. The minimum atomic E-state index is -0.961. The molecular weight excluding hydrogens is 262 g/mol. The van der Waals surface area contributed by atoms with Crippen molar-refractivity contribution in [1.29, 1.82) is 0 Å². The number of rotatable bonds is 3. The number of carbonyl (C=O) groups excluding carboxylic acids is 3. The molecule has 1 rings (SSSR count). The van der Waals surface area contributed by atoms with E-state index in [1.807, 2.05) is 0 Å². The number of methoxy groups -OCH3 is 1. The zero-order chi connectivity index (χ0) is 13.5. The molecule has 18 heavy (non-hydrogen) atoms. The van der Waals surface area contributed by atoms with E-state index in [1.54, 1.807) is 0 Å². The van der Waals surface area contributed by atoms with Crippen LogP contribution in [0.5, 0.6) is 0 Å². The Morgan fingerprint density at radius 2 is 2.06 bits per heavy atom. The Kier molecular flexibility index (Phi) is 5.06. The van der Waals surface area contributed by atoms with E-state index in [0.717, 1.165) is 0 Å². The van der Waals surface area contributed by atoms with Gasteiger partial charge in [-0.3, -0.25) is 14.4 Å². The number of anilines is 1. The van der Waals surface area contributed by atoms with Gasteiger partial charge in [-0.05, 0) is 12.1 Å². The van der Waals surface area contributed by atoms with Gasteiger partial charge in [0.25, 0.3) is 0 Å². The maximum Gasteiger partial charge on any atom is 0.325 e. The largest absolute Gasteiger partial charge is 0.468 e. The van der Waals surface area contributed by atoms with Crippen LogP contribution in [0.25, 0.3) is 0 Å². The maximum atomic E-state index is 11.3. The van der Waals surface area contributed by atoms with E-state index in [2.05, 4.69) is 20.4 Å². The lowest BCUT2D eigenvalue weighted by Crippen LogP contribution is -2.38. The van der Waals surface area contributed by atoms with Crippen molar-refractivity contribution in [3.05, 3.63) is 23.4 Å². The molecule has 0 aliphatic heterocycles. The van der Waals surface area contributed by atoms with Gasteiger partial charge < -0.3 is 15.4 Å². The van der Waals surface area contributed by atoms with Crippen molar-refractivity contribution in [3.8, 4) is 0 Å². The summed E-state index contributed by atoms with van der Waals surface area (Å²) in [6.07, 6.45) is 1.32. The van der Waals surface area contributed by atoms with Crippen LogP contribution in [-0.2, 0) is 19.1 Å². The van der Waals surface area contributed by atoms with E-state index in [9.17, 15) is 14.4 Å². The van der Waals surface area contributed by atoms with Gasteiger partial charge in [-0.1, -0.05) is 11.6 Å². The summed E-state index contributed by atoms with van der Waals surface area (Å²) in [6.45, 7) is -0.378.